The highest BCUT2D eigenvalue weighted by atomic mass is 16.5. The lowest BCUT2D eigenvalue weighted by Crippen LogP contribution is -2.12. The fraction of sp³-hybridized carbons (Fsp3) is 0.174. The molecule has 0 unspecified atom stereocenters. The van der Waals surface area contributed by atoms with Crippen LogP contribution in [0.3, 0.4) is 0 Å². The lowest BCUT2D eigenvalue weighted by Gasteiger charge is -2.08. The highest BCUT2D eigenvalue weighted by Gasteiger charge is 2.21. The Morgan fingerprint density at radius 1 is 1.03 bits per heavy atom. The predicted octanol–water partition coefficient (Wildman–Crippen LogP) is 3.64. The third-order valence-electron chi connectivity index (χ3n) is 4.76. The van der Waals surface area contributed by atoms with Crippen molar-refractivity contribution in [3.8, 4) is 22.7 Å². The zero-order chi connectivity index (χ0) is 21.6. The second kappa shape index (κ2) is 9.27. The van der Waals surface area contributed by atoms with Gasteiger partial charge in [0.15, 0.2) is 0 Å². The summed E-state index contributed by atoms with van der Waals surface area (Å²) in [5.74, 6) is 0.358. The molecule has 1 N–H and O–H groups in total. The van der Waals surface area contributed by atoms with Gasteiger partial charge in [-0.15, -0.1) is 0 Å². The van der Waals surface area contributed by atoms with Gasteiger partial charge in [-0.25, -0.2) is 4.68 Å². The molecule has 31 heavy (non-hydrogen) atoms. The molecular weight excluding hydrogens is 394 g/mol. The Bertz CT molecular complexity index is 1170. The molecule has 2 heterocycles. The van der Waals surface area contributed by atoms with Crippen molar-refractivity contribution < 1.29 is 14.3 Å². The predicted molar refractivity (Wildman–Crippen MR) is 118 cm³/mol. The van der Waals surface area contributed by atoms with E-state index in [4.69, 9.17) is 14.6 Å². The first kappa shape index (κ1) is 20.4. The van der Waals surface area contributed by atoms with Crippen LogP contribution in [0.2, 0.25) is 0 Å². The van der Waals surface area contributed by atoms with Gasteiger partial charge in [0, 0.05) is 25.1 Å². The zero-order valence-electron chi connectivity index (χ0n) is 17.4. The molecule has 4 aromatic rings. The molecule has 0 radical (unpaired) electrons. The minimum atomic E-state index is -0.283. The minimum absolute atomic E-state index is 0.283. The first-order valence-electron chi connectivity index (χ1n) is 9.81. The number of aromatic nitrogens is 4. The number of carbonyl (C=O) groups is 1. The van der Waals surface area contributed by atoms with Gasteiger partial charge in [0.05, 0.1) is 43.4 Å². The minimum Gasteiger partial charge on any atom is -0.496 e. The summed E-state index contributed by atoms with van der Waals surface area (Å²) in [6, 6.07) is 17.1. The molecule has 8 nitrogen and oxygen atoms in total. The number of nitrogens with one attached hydrogen (secondary N) is 1. The van der Waals surface area contributed by atoms with E-state index in [1.54, 1.807) is 42.2 Å². The highest BCUT2D eigenvalue weighted by Crippen LogP contribution is 2.32. The third-order valence-corrected chi connectivity index (χ3v) is 4.76. The normalized spacial score (nSPS) is 10.8. The van der Waals surface area contributed by atoms with Gasteiger partial charge >= 0.3 is 0 Å². The second-order valence-electron chi connectivity index (χ2n) is 6.81. The van der Waals surface area contributed by atoms with Crippen LogP contribution in [0, 0.1) is 0 Å². The fourth-order valence-electron chi connectivity index (χ4n) is 3.23. The van der Waals surface area contributed by atoms with E-state index >= 15 is 0 Å². The molecule has 0 atom stereocenters. The van der Waals surface area contributed by atoms with Crippen LogP contribution < -0.4 is 10.1 Å². The van der Waals surface area contributed by atoms with E-state index in [9.17, 15) is 4.79 Å². The van der Waals surface area contributed by atoms with E-state index in [0.29, 0.717) is 35.8 Å². The van der Waals surface area contributed by atoms with Gasteiger partial charge in [0.1, 0.15) is 11.4 Å². The molecule has 8 heteroatoms. The summed E-state index contributed by atoms with van der Waals surface area (Å²) in [6.07, 6.45) is 5.10. The Morgan fingerprint density at radius 2 is 1.81 bits per heavy atom. The van der Waals surface area contributed by atoms with Crippen molar-refractivity contribution in [2.24, 2.45) is 0 Å². The van der Waals surface area contributed by atoms with E-state index in [1.807, 2.05) is 54.6 Å². The van der Waals surface area contributed by atoms with Crippen molar-refractivity contribution in [3.05, 3.63) is 78.8 Å². The van der Waals surface area contributed by atoms with Gasteiger partial charge in [-0.05, 0) is 24.3 Å². The molecule has 0 spiro atoms. The molecule has 0 bridgehead atoms. The van der Waals surface area contributed by atoms with Crippen LogP contribution in [0.5, 0.6) is 5.75 Å². The van der Waals surface area contributed by atoms with Crippen molar-refractivity contribution in [2.75, 3.05) is 26.1 Å². The molecule has 4 rings (SSSR count). The maximum absolute atomic E-state index is 13.2. The van der Waals surface area contributed by atoms with Gasteiger partial charge < -0.3 is 14.8 Å². The highest BCUT2D eigenvalue weighted by molar-refractivity contribution is 6.08. The lowest BCUT2D eigenvalue weighted by molar-refractivity contribution is 0.102. The number of hydrogen-bond acceptors (Lipinski definition) is 5. The Labute approximate surface area is 180 Å². The molecule has 2 aromatic heterocycles. The molecule has 2 aromatic carbocycles. The molecule has 1 amide bonds. The van der Waals surface area contributed by atoms with Crippen molar-refractivity contribution in [3.63, 3.8) is 0 Å². The Morgan fingerprint density at radius 3 is 2.58 bits per heavy atom. The molecule has 0 aliphatic carbocycles. The van der Waals surface area contributed by atoms with Gasteiger partial charge in [-0.3, -0.25) is 9.48 Å². The number of rotatable bonds is 8. The zero-order valence-corrected chi connectivity index (χ0v) is 17.4. The first-order valence-corrected chi connectivity index (χ1v) is 9.81. The molecule has 0 saturated heterocycles. The van der Waals surface area contributed by atoms with Gasteiger partial charge in [0.25, 0.3) is 5.91 Å². The number of hydrogen-bond donors (Lipinski definition) is 1. The quantitative estimate of drug-likeness (QED) is 0.473. The molecule has 158 valence electrons. The average molecular weight is 417 g/mol. The maximum atomic E-state index is 13.2. The Hall–Kier alpha value is -3.91. The summed E-state index contributed by atoms with van der Waals surface area (Å²) in [5, 5.41) is 11.9. The topological polar surface area (TPSA) is 83.2 Å². The van der Waals surface area contributed by atoms with Crippen molar-refractivity contribution >= 4 is 11.6 Å². The van der Waals surface area contributed by atoms with Crippen LogP contribution in [0.25, 0.3) is 16.9 Å². The van der Waals surface area contributed by atoms with E-state index in [0.717, 1.165) is 11.3 Å². The van der Waals surface area contributed by atoms with Crippen LogP contribution in [0.4, 0.5) is 5.69 Å². The monoisotopic (exact) mass is 417 g/mol. The van der Waals surface area contributed by atoms with Crippen LogP contribution in [-0.4, -0.2) is 46.3 Å². The summed E-state index contributed by atoms with van der Waals surface area (Å²) < 4.78 is 14.0. The molecular formula is C23H23N5O3. The average Bonchev–Trinajstić information content (AvgIpc) is 3.45. The van der Waals surface area contributed by atoms with Crippen molar-refractivity contribution in [1.29, 1.82) is 0 Å². The summed E-state index contributed by atoms with van der Waals surface area (Å²) in [7, 11) is 3.23. The van der Waals surface area contributed by atoms with Crippen molar-refractivity contribution in [1.82, 2.24) is 19.6 Å². The number of methoxy groups -OCH3 is 2. The Balaban J connectivity index is 1.70. The van der Waals surface area contributed by atoms with E-state index in [2.05, 4.69) is 10.4 Å². The van der Waals surface area contributed by atoms with Crippen LogP contribution in [-0.2, 0) is 11.3 Å². The summed E-state index contributed by atoms with van der Waals surface area (Å²) in [5.41, 5.74) is 3.15. The van der Waals surface area contributed by atoms with E-state index < -0.39 is 0 Å². The Kier molecular flexibility index (Phi) is 6.09. The largest absolute Gasteiger partial charge is 0.496 e. The molecule has 0 aliphatic rings. The maximum Gasteiger partial charge on any atom is 0.259 e. The van der Waals surface area contributed by atoms with Crippen LogP contribution in [0.1, 0.15) is 10.4 Å². The number of anilines is 1. The van der Waals surface area contributed by atoms with Gasteiger partial charge in [-0.2, -0.15) is 10.2 Å². The van der Waals surface area contributed by atoms with E-state index in [1.165, 1.54) is 0 Å². The van der Waals surface area contributed by atoms with Crippen molar-refractivity contribution in [2.45, 2.75) is 6.54 Å². The molecule has 0 aliphatic heterocycles. The smallest absolute Gasteiger partial charge is 0.259 e. The van der Waals surface area contributed by atoms with Crippen LogP contribution in [0.15, 0.2) is 73.2 Å². The SMILES string of the molecule is COCCn1cc(NC(=O)c2cn(-c3ccccc3)nc2-c2ccccc2OC)cn1. The standard InChI is InChI=1S/C23H23N5O3/c1-30-13-12-27-15-17(14-24-27)25-23(29)20-16-28(18-8-4-3-5-9-18)26-22(20)19-10-6-7-11-21(19)31-2/h3-11,14-16H,12-13H2,1-2H3,(H,25,29). The number of amides is 1. The third kappa shape index (κ3) is 4.49. The number of carbonyl (C=O) groups excluding carboxylic acids is 1. The summed E-state index contributed by atoms with van der Waals surface area (Å²) in [4.78, 5) is 13.2. The van der Waals surface area contributed by atoms with Crippen LogP contribution >= 0.6 is 0 Å². The number of benzene rings is 2. The van der Waals surface area contributed by atoms with E-state index in [-0.39, 0.29) is 5.91 Å². The van der Waals surface area contributed by atoms with Gasteiger partial charge in [-0.1, -0.05) is 30.3 Å². The lowest BCUT2D eigenvalue weighted by atomic mass is 10.1. The number of para-hydroxylation sites is 2. The summed E-state index contributed by atoms with van der Waals surface area (Å²) >= 11 is 0. The fourth-order valence-corrected chi connectivity index (χ4v) is 3.23. The second-order valence-corrected chi connectivity index (χ2v) is 6.81. The first-order chi connectivity index (χ1) is 15.2. The molecule has 0 fully saturated rings. The van der Waals surface area contributed by atoms with Gasteiger partial charge in [0.2, 0.25) is 0 Å². The number of ether oxygens (including phenoxy) is 2. The summed E-state index contributed by atoms with van der Waals surface area (Å²) in [6.45, 7) is 1.14. The molecule has 0 saturated carbocycles. The number of nitrogens with zero attached hydrogens (tertiary/aromatic N) is 4.